The summed E-state index contributed by atoms with van der Waals surface area (Å²) in [6.07, 6.45) is 1.70. The molecule has 0 unspecified atom stereocenters. The first kappa shape index (κ1) is 19.6. The molecule has 2 aromatic rings. The number of esters is 1. The maximum atomic E-state index is 12.4. The highest BCUT2D eigenvalue weighted by Gasteiger charge is 2.61. The predicted octanol–water partition coefficient (Wildman–Crippen LogP) is 5.70. The molecule has 1 aliphatic rings. The Balaban J connectivity index is 1.59. The first-order valence-electron chi connectivity index (χ1n) is 8.59. The van der Waals surface area contributed by atoms with Gasteiger partial charge in [-0.15, -0.1) is 0 Å². The summed E-state index contributed by atoms with van der Waals surface area (Å²) in [4.78, 5) is 12.4. The number of allylic oxidation sites excluding steroid dienone is 1. The molecule has 1 saturated carbocycles. The SMILES string of the molecule is CC1(C)[C@H](C=C(Cl)Cl)[C@H]1C(=O)OCc1cccc(Oc2ccc(N)cc2)c1. The fourth-order valence-electron chi connectivity index (χ4n) is 3.19. The number of ether oxygens (including phenoxy) is 2. The van der Waals surface area contributed by atoms with Crippen molar-refractivity contribution in [2.24, 2.45) is 17.3 Å². The van der Waals surface area contributed by atoms with Crippen molar-refractivity contribution in [2.45, 2.75) is 20.5 Å². The standard InChI is InChI=1S/C21H21Cl2NO3/c1-21(2)17(11-18(22)23)19(21)20(25)26-12-13-4-3-5-16(10-13)27-15-8-6-14(24)7-9-15/h3-11,17,19H,12,24H2,1-2H3/t17-,19+/m1/s1. The summed E-state index contributed by atoms with van der Waals surface area (Å²) in [5, 5.41) is 0. The Morgan fingerprint density at radius 1 is 1.15 bits per heavy atom. The Morgan fingerprint density at radius 3 is 2.52 bits per heavy atom. The van der Waals surface area contributed by atoms with Crippen molar-refractivity contribution in [1.82, 2.24) is 0 Å². The van der Waals surface area contributed by atoms with E-state index in [0.717, 1.165) is 5.56 Å². The van der Waals surface area contributed by atoms with Gasteiger partial charge in [0.1, 0.15) is 22.6 Å². The number of hydrogen-bond acceptors (Lipinski definition) is 4. The molecular formula is C21H21Cl2NO3. The Kier molecular flexibility index (Phi) is 5.68. The highest BCUT2D eigenvalue weighted by molar-refractivity contribution is 6.55. The average molecular weight is 406 g/mol. The Labute approximate surface area is 168 Å². The van der Waals surface area contributed by atoms with Gasteiger partial charge in [0.2, 0.25) is 0 Å². The average Bonchev–Trinajstić information content (AvgIpc) is 3.14. The van der Waals surface area contributed by atoms with Crippen molar-refractivity contribution in [3.05, 3.63) is 64.7 Å². The zero-order valence-corrected chi connectivity index (χ0v) is 16.6. The number of benzene rings is 2. The lowest BCUT2D eigenvalue weighted by Gasteiger charge is -2.09. The maximum absolute atomic E-state index is 12.4. The normalized spacial score (nSPS) is 19.9. The molecule has 0 aromatic heterocycles. The van der Waals surface area contributed by atoms with Gasteiger partial charge in [0.05, 0.1) is 5.92 Å². The number of anilines is 1. The Morgan fingerprint density at radius 2 is 1.85 bits per heavy atom. The molecule has 1 fully saturated rings. The van der Waals surface area contributed by atoms with Gasteiger partial charge in [-0.1, -0.05) is 49.2 Å². The zero-order valence-electron chi connectivity index (χ0n) is 15.1. The third-order valence-electron chi connectivity index (χ3n) is 4.87. The van der Waals surface area contributed by atoms with Crippen molar-refractivity contribution in [2.75, 3.05) is 5.73 Å². The van der Waals surface area contributed by atoms with E-state index in [1.54, 1.807) is 30.3 Å². The van der Waals surface area contributed by atoms with Crippen LogP contribution in [0.5, 0.6) is 11.5 Å². The summed E-state index contributed by atoms with van der Waals surface area (Å²) in [7, 11) is 0. The minimum Gasteiger partial charge on any atom is -0.461 e. The van der Waals surface area contributed by atoms with E-state index in [4.69, 9.17) is 38.4 Å². The van der Waals surface area contributed by atoms with Gasteiger partial charge in [-0.3, -0.25) is 4.79 Å². The van der Waals surface area contributed by atoms with Crippen molar-refractivity contribution >= 4 is 34.9 Å². The van der Waals surface area contributed by atoms with Gasteiger partial charge in [0, 0.05) is 5.69 Å². The number of carbonyl (C=O) groups excluding carboxylic acids is 1. The fourth-order valence-corrected chi connectivity index (χ4v) is 3.46. The smallest absolute Gasteiger partial charge is 0.310 e. The highest BCUT2D eigenvalue weighted by atomic mass is 35.5. The summed E-state index contributed by atoms with van der Waals surface area (Å²) in [6.45, 7) is 4.17. The quantitative estimate of drug-likeness (QED) is 0.494. The van der Waals surface area contributed by atoms with Crippen LogP contribution in [0.1, 0.15) is 19.4 Å². The number of carbonyl (C=O) groups is 1. The maximum Gasteiger partial charge on any atom is 0.310 e. The van der Waals surface area contributed by atoms with E-state index in [0.29, 0.717) is 17.2 Å². The van der Waals surface area contributed by atoms with Gasteiger partial charge >= 0.3 is 5.97 Å². The van der Waals surface area contributed by atoms with Crippen LogP contribution in [0.25, 0.3) is 0 Å². The van der Waals surface area contributed by atoms with Gasteiger partial charge in [0.25, 0.3) is 0 Å². The van der Waals surface area contributed by atoms with Crippen LogP contribution in [0.2, 0.25) is 0 Å². The lowest BCUT2D eigenvalue weighted by Crippen LogP contribution is -2.10. The Hall–Kier alpha value is -2.17. The second kappa shape index (κ2) is 7.83. The first-order chi connectivity index (χ1) is 12.8. The number of rotatable bonds is 6. The number of nitrogens with two attached hydrogens (primary N) is 1. The van der Waals surface area contributed by atoms with Crippen LogP contribution < -0.4 is 10.5 Å². The number of hydrogen-bond donors (Lipinski definition) is 1. The van der Waals surface area contributed by atoms with Crippen LogP contribution in [0.15, 0.2) is 59.1 Å². The third kappa shape index (κ3) is 4.76. The van der Waals surface area contributed by atoms with Gasteiger partial charge < -0.3 is 15.2 Å². The predicted molar refractivity (Wildman–Crippen MR) is 108 cm³/mol. The van der Waals surface area contributed by atoms with E-state index in [-0.39, 0.29) is 34.3 Å². The lowest BCUT2D eigenvalue weighted by atomic mass is 10.1. The molecule has 0 spiro atoms. The summed E-state index contributed by atoms with van der Waals surface area (Å²) >= 11 is 11.5. The molecule has 27 heavy (non-hydrogen) atoms. The molecule has 1 aliphatic carbocycles. The summed E-state index contributed by atoms with van der Waals surface area (Å²) in [5.74, 6) is 0.857. The van der Waals surface area contributed by atoms with E-state index < -0.39 is 0 Å². The van der Waals surface area contributed by atoms with E-state index in [1.807, 2.05) is 38.1 Å². The summed E-state index contributed by atoms with van der Waals surface area (Å²) in [5.41, 5.74) is 6.99. The van der Waals surface area contributed by atoms with Crippen LogP contribution in [-0.2, 0) is 16.1 Å². The first-order valence-corrected chi connectivity index (χ1v) is 9.35. The van der Waals surface area contributed by atoms with E-state index >= 15 is 0 Å². The largest absolute Gasteiger partial charge is 0.461 e. The topological polar surface area (TPSA) is 61.5 Å². The highest BCUT2D eigenvalue weighted by Crippen LogP contribution is 2.60. The molecule has 6 heteroatoms. The van der Waals surface area contributed by atoms with Gasteiger partial charge in [0.15, 0.2) is 0 Å². The molecule has 0 amide bonds. The molecule has 0 bridgehead atoms. The molecular weight excluding hydrogens is 385 g/mol. The van der Waals surface area contributed by atoms with E-state index in [1.165, 1.54) is 0 Å². The van der Waals surface area contributed by atoms with E-state index in [2.05, 4.69) is 0 Å². The molecule has 2 atom stereocenters. The van der Waals surface area contributed by atoms with Crippen LogP contribution in [0, 0.1) is 17.3 Å². The monoisotopic (exact) mass is 405 g/mol. The minimum atomic E-state index is -0.249. The van der Waals surface area contributed by atoms with Crippen molar-refractivity contribution in [1.29, 1.82) is 0 Å². The molecule has 0 heterocycles. The molecule has 2 aromatic carbocycles. The number of nitrogen functional groups attached to an aromatic ring is 1. The van der Waals surface area contributed by atoms with Crippen LogP contribution in [-0.4, -0.2) is 5.97 Å². The number of halogens is 2. The lowest BCUT2D eigenvalue weighted by molar-refractivity contribution is -0.147. The fraction of sp³-hybridized carbons (Fsp3) is 0.286. The molecule has 0 aliphatic heterocycles. The molecule has 0 saturated heterocycles. The van der Waals surface area contributed by atoms with Crippen LogP contribution in [0.3, 0.4) is 0 Å². The zero-order chi connectivity index (χ0) is 19.6. The molecule has 4 nitrogen and oxygen atoms in total. The third-order valence-corrected chi connectivity index (χ3v) is 5.12. The molecule has 3 rings (SSSR count). The van der Waals surface area contributed by atoms with Gasteiger partial charge in [-0.2, -0.15) is 0 Å². The summed E-state index contributed by atoms with van der Waals surface area (Å²) in [6, 6.07) is 14.6. The van der Waals surface area contributed by atoms with Crippen LogP contribution >= 0.6 is 23.2 Å². The van der Waals surface area contributed by atoms with Gasteiger partial charge in [-0.25, -0.2) is 0 Å². The van der Waals surface area contributed by atoms with Gasteiger partial charge in [-0.05, 0) is 59.4 Å². The Bertz CT molecular complexity index is 858. The molecule has 142 valence electrons. The molecule has 2 N–H and O–H groups in total. The second-order valence-corrected chi connectivity index (χ2v) is 8.22. The molecule has 0 radical (unpaired) electrons. The van der Waals surface area contributed by atoms with E-state index in [9.17, 15) is 4.79 Å². The summed E-state index contributed by atoms with van der Waals surface area (Å²) < 4.78 is 11.5. The van der Waals surface area contributed by atoms with Crippen molar-refractivity contribution < 1.29 is 14.3 Å². The second-order valence-electron chi connectivity index (χ2n) is 7.21. The van der Waals surface area contributed by atoms with Crippen molar-refractivity contribution in [3.8, 4) is 11.5 Å². The van der Waals surface area contributed by atoms with Crippen molar-refractivity contribution in [3.63, 3.8) is 0 Å². The minimum absolute atomic E-state index is 0.00446. The van der Waals surface area contributed by atoms with Crippen LogP contribution in [0.4, 0.5) is 5.69 Å².